The number of benzene rings is 1. The number of anilines is 4. The molecule has 1 fully saturated rings. The van der Waals surface area contributed by atoms with Crippen molar-refractivity contribution in [2.24, 2.45) is 11.7 Å². The number of nitrogens with two attached hydrogens (primary N) is 2. The first-order valence-electron chi connectivity index (χ1n) is 9.95. The molecular weight excluding hydrogens is 398 g/mol. The molecule has 4 rings (SSSR count). The minimum absolute atomic E-state index is 0.0233. The molecule has 2 aromatic heterocycles. The molecule has 0 spiro atoms. The Balaban J connectivity index is 1.64. The molecule has 0 aliphatic heterocycles. The van der Waals surface area contributed by atoms with Gasteiger partial charge in [-0.3, -0.25) is 14.4 Å². The summed E-state index contributed by atoms with van der Waals surface area (Å²) in [6.45, 7) is 2.20. The molecule has 0 bridgehead atoms. The molecule has 2 amide bonds. The average molecular weight is 421 g/mol. The van der Waals surface area contributed by atoms with Crippen molar-refractivity contribution in [2.45, 2.75) is 26.3 Å². The number of hydrogen-bond donors (Lipinski definition) is 3. The van der Waals surface area contributed by atoms with E-state index in [2.05, 4.69) is 15.3 Å². The number of fused-ring (bicyclic) bond motifs is 1. The third kappa shape index (κ3) is 3.67. The number of pyridine rings is 1. The van der Waals surface area contributed by atoms with Gasteiger partial charge in [-0.1, -0.05) is 0 Å². The van der Waals surface area contributed by atoms with Gasteiger partial charge in [0.1, 0.15) is 11.4 Å². The van der Waals surface area contributed by atoms with Gasteiger partial charge in [0.05, 0.1) is 5.39 Å². The fourth-order valence-corrected chi connectivity index (χ4v) is 3.49. The molecule has 10 nitrogen and oxygen atoms in total. The van der Waals surface area contributed by atoms with E-state index in [-0.39, 0.29) is 34.5 Å². The summed E-state index contributed by atoms with van der Waals surface area (Å²) in [5.41, 5.74) is 12.3. The SMILES string of the molecule is CCn1c(N)c(C(N)=O)c(=O)c2cnc(Nc3ccc(N(C)C(=O)C4CC4)cc3)nc21. The molecule has 31 heavy (non-hydrogen) atoms. The molecule has 0 radical (unpaired) electrons. The van der Waals surface area contributed by atoms with Gasteiger partial charge in [0.15, 0.2) is 5.65 Å². The summed E-state index contributed by atoms with van der Waals surface area (Å²) in [5, 5.41) is 3.24. The smallest absolute Gasteiger partial charge is 0.256 e. The lowest BCUT2D eigenvalue weighted by Gasteiger charge is -2.17. The fraction of sp³-hybridized carbons (Fsp3) is 0.286. The molecule has 0 saturated heterocycles. The predicted molar refractivity (Wildman–Crippen MR) is 118 cm³/mol. The van der Waals surface area contributed by atoms with Crippen LogP contribution in [0.15, 0.2) is 35.3 Å². The van der Waals surface area contributed by atoms with Gasteiger partial charge < -0.3 is 26.3 Å². The highest BCUT2D eigenvalue weighted by Crippen LogP contribution is 2.32. The van der Waals surface area contributed by atoms with Crippen molar-refractivity contribution in [3.05, 3.63) is 46.2 Å². The normalized spacial score (nSPS) is 13.2. The molecule has 0 unspecified atom stereocenters. The summed E-state index contributed by atoms with van der Waals surface area (Å²) in [6, 6.07) is 7.31. The van der Waals surface area contributed by atoms with Crippen molar-refractivity contribution in [1.82, 2.24) is 14.5 Å². The van der Waals surface area contributed by atoms with Crippen LogP contribution in [0.5, 0.6) is 0 Å². The third-order valence-corrected chi connectivity index (χ3v) is 5.37. The molecule has 1 aromatic carbocycles. The fourth-order valence-electron chi connectivity index (χ4n) is 3.49. The van der Waals surface area contributed by atoms with E-state index < -0.39 is 11.3 Å². The number of carbonyl (C=O) groups is 2. The first-order valence-corrected chi connectivity index (χ1v) is 9.95. The average Bonchev–Trinajstić information content (AvgIpc) is 3.59. The molecule has 1 saturated carbocycles. The monoisotopic (exact) mass is 421 g/mol. The van der Waals surface area contributed by atoms with Crippen LogP contribution < -0.4 is 27.1 Å². The molecule has 2 heterocycles. The molecule has 3 aromatic rings. The van der Waals surface area contributed by atoms with Crippen molar-refractivity contribution in [1.29, 1.82) is 0 Å². The Kier molecular flexibility index (Phi) is 5.05. The van der Waals surface area contributed by atoms with Crippen LogP contribution in [0.25, 0.3) is 11.0 Å². The number of nitrogens with one attached hydrogen (secondary N) is 1. The Labute approximate surface area is 177 Å². The Morgan fingerprint density at radius 3 is 2.52 bits per heavy atom. The van der Waals surface area contributed by atoms with Crippen LogP contribution in [0, 0.1) is 5.92 Å². The number of primary amides is 1. The van der Waals surface area contributed by atoms with Gasteiger partial charge >= 0.3 is 0 Å². The van der Waals surface area contributed by atoms with Crippen LogP contribution in [-0.2, 0) is 11.3 Å². The minimum Gasteiger partial charge on any atom is -0.384 e. The van der Waals surface area contributed by atoms with E-state index in [4.69, 9.17) is 11.5 Å². The number of amides is 2. The van der Waals surface area contributed by atoms with E-state index in [1.165, 1.54) is 6.20 Å². The topological polar surface area (TPSA) is 149 Å². The number of aromatic nitrogens is 3. The van der Waals surface area contributed by atoms with Crippen molar-refractivity contribution >= 4 is 46.0 Å². The van der Waals surface area contributed by atoms with Gasteiger partial charge in [0, 0.05) is 37.1 Å². The van der Waals surface area contributed by atoms with E-state index in [1.54, 1.807) is 16.5 Å². The number of carbonyl (C=O) groups excluding carboxylic acids is 2. The highest BCUT2D eigenvalue weighted by Gasteiger charge is 2.32. The van der Waals surface area contributed by atoms with Crippen molar-refractivity contribution in [2.75, 3.05) is 23.0 Å². The Morgan fingerprint density at radius 2 is 1.94 bits per heavy atom. The molecule has 10 heteroatoms. The van der Waals surface area contributed by atoms with E-state index in [0.717, 1.165) is 18.5 Å². The summed E-state index contributed by atoms with van der Waals surface area (Å²) in [6.07, 6.45) is 3.26. The van der Waals surface area contributed by atoms with Gasteiger partial charge in [-0.15, -0.1) is 0 Å². The number of aryl methyl sites for hydroxylation is 1. The van der Waals surface area contributed by atoms with Crippen molar-refractivity contribution < 1.29 is 9.59 Å². The summed E-state index contributed by atoms with van der Waals surface area (Å²) in [5.74, 6) is -0.379. The first-order chi connectivity index (χ1) is 14.8. The number of nitrogen functional groups attached to an aromatic ring is 1. The van der Waals surface area contributed by atoms with E-state index in [9.17, 15) is 14.4 Å². The minimum atomic E-state index is -0.890. The highest BCUT2D eigenvalue weighted by atomic mass is 16.2. The lowest BCUT2D eigenvalue weighted by molar-refractivity contribution is -0.119. The molecule has 160 valence electrons. The second-order valence-corrected chi connectivity index (χ2v) is 7.47. The lowest BCUT2D eigenvalue weighted by atomic mass is 10.1. The van der Waals surface area contributed by atoms with Crippen molar-refractivity contribution in [3.8, 4) is 0 Å². The van der Waals surface area contributed by atoms with Gasteiger partial charge in [0.25, 0.3) is 5.91 Å². The maximum atomic E-state index is 12.6. The zero-order valence-corrected chi connectivity index (χ0v) is 17.3. The summed E-state index contributed by atoms with van der Waals surface area (Å²) in [4.78, 5) is 46.8. The van der Waals surface area contributed by atoms with Crippen LogP contribution in [0.4, 0.5) is 23.1 Å². The second kappa shape index (κ2) is 7.71. The predicted octanol–water partition coefficient (Wildman–Crippen LogP) is 1.61. The lowest BCUT2D eigenvalue weighted by Crippen LogP contribution is -2.28. The van der Waals surface area contributed by atoms with E-state index >= 15 is 0 Å². The summed E-state index contributed by atoms with van der Waals surface area (Å²) in [7, 11) is 1.77. The van der Waals surface area contributed by atoms with Crippen LogP contribution in [0.1, 0.15) is 30.1 Å². The number of nitrogens with zero attached hydrogens (tertiary/aromatic N) is 4. The summed E-state index contributed by atoms with van der Waals surface area (Å²) >= 11 is 0. The zero-order valence-electron chi connectivity index (χ0n) is 17.3. The Morgan fingerprint density at radius 1 is 1.26 bits per heavy atom. The van der Waals surface area contributed by atoms with Crippen LogP contribution in [0.3, 0.4) is 0 Å². The maximum Gasteiger partial charge on any atom is 0.256 e. The van der Waals surface area contributed by atoms with Gasteiger partial charge in [0.2, 0.25) is 17.3 Å². The molecule has 0 atom stereocenters. The molecular formula is C21H23N7O3. The van der Waals surface area contributed by atoms with Crippen LogP contribution in [0.2, 0.25) is 0 Å². The maximum absolute atomic E-state index is 12.6. The molecule has 5 N–H and O–H groups in total. The van der Waals surface area contributed by atoms with Gasteiger partial charge in [-0.25, -0.2) is 4.98 Å². The third-order valence-electron chi connectivity index (χ3n) is 5.37. The van der Waals surface area contributed by atoms with Gasteiger partial charge in [-0.05, 0) is 44.0 Å². The number of hydrogen-bond acceptors (Lipinski definition) is 7. The second-order valence-electron chi connectivity index (χ2n) is 7.47. The van der Waals surface area contributed by atoms with E-state index in [0.29, 0.717) is 17.9 Å². The largest absolute Gasteiger partial charge is 0.384 e. The van der Waals surface area contributed by atoms with Gasteiger partial charge in [-0.2, -0.15) is 4.98 Å². The standard InChI is InChI=1S/C21H23N7O3/c1-3-28-17(22)15(18(23)30)16(29)14-10-24-21(26-19(14)28)25-12-6-8-13(9-7-12)27(2)20(31)11-4-5-11/h6-11H,3-5,22H2,1-2H3,(H2,23,30)(H,24,25,26). The number of rotatable bonds is 6. The van der Waals surface area contributed by atoms with E-state index in [1.807, 2.05) is 31.2 Å². The highest BCUT2D eigenvalue weighted by molar-refractivity contribution is 6.00. The van der Waals surface area contributed by atoms with Crippen LogP contribution in [-0.4, -0.2) is 33.4 Å². The summed E-state index contributed by atoms with van der Waals surface area (Å²) < 4.78 is 1.55. The Hall–Kier alpha value is -3.95. The zero-order chi connectivity index (χ0) is 22.3. The van der Waals surface area contributed by atoms with Crippen LogP contribution >= 0.6 is 0 Å². The molecule has 1 aliphatic rings. The quantitative estimate of drug-likeness (QED) is 0.547. The molecule has 1 aliphatic carbocycles. The van der Waals surface area contributed by atoms with Crippen molar-refractivity contribution in [3.63, 3.8) is 0 Å². The Bertz CT molecular complexity index is 1250. The first kappa shape index (κ1) is 20.3.